The van der Waals surface area contributed by atoms with Gasteiger partial charge in [-0.05, 0) is 69.5 Å². The lowest BCUT2D eigenvalue weighted by Gasteiger charge is -2.23. The fraction of sp³-hybridized carbons (Fsp3) is 0.385. The summed E-state index contributed by atoms with van der Waals surface area (Å²) >= 11 is 0. The van der Waals surface area contributed by atoms with Crippen LogP contribution < -0.4 is 10.1 Å². The minimum atomic E-state index is -0.611. The normalized spacial score (nSPS) is 11.9. The van der Waals surface area contributed by atoms with E-state index in [0.29, 0.717) is 25.3 Å². The Morgan fingerprint density at radius 3 is 2.54 bits per heavy atom. The highest BCUT2D eigenvalue weighted by Gasteiger charge is 2.19. The van der Waals surface area contributed by atoms with E-state index in [1.54, 1.807) is 20.8 Å². The molecule has 9 nitrogen and oxygen atoms in total. The molecule has 1 N–H and O–H groups in total. The van der Waals surface area contributed by atoms with Crippen LogP contribution in [0.2, 0.25) is 0 Å². The molecular formula is C26H31N5O4. The minimum absolute atomic E-state index is 0.121. The third-order valence-corrected chi connectivity index (χ3v) is 5.01. The van der Waals surface area contributed by atoms with Gasteiger partial charge in [0.1, 0.15) is 17.1 Å². The molecule has 1 aromatic heterocycles. The van der Waals surface area contributed by atoms with Gasteiger partial charge in [-0.3, -0.25) is 0 Å². The van der Waals surface area contributed by atoms with E-state index in [0.717, 1.165) is 28.3 Å². The third-order valence-electron chi connectivity index (χ3n) is 5.01. The molecule has 0 aliphatic rings. The van der Waals surface area contributed by atoms with Crippen molar-refractivity contribution < 1.29 is 18.7 Å². The van der Waals surface area contributed by atoms with Gasteiger partial charge >= 0.3 is 6.09 Å². The number of amides is 1. The van der Waals surface area contributed by atoms with Gasteiger partial charge in [-0.1, -0.05) is 35.4 Å². The maximum atomic E-state index is 12.1. The van der Waals surface area contributed by atoms with Crippen molar-refractivity contribution in [3.05, 3.63) is 82.1 Å². The number of azide groups is 1. The van der Waals surface area contributed by atoms with Crippen molar-refractivity contribution in [1.29, 1.82) is 0 Å². The number of nitrogens with one attached hydrogen (secondary N) is 1. The molecule has 0 radical (unpaired) electrons. The first-order chi connectivity index (χ1) is 16.7. The van der Waals surface area contributed by atoms with Gasteiger partial charge in [0.2, 0.25) is 5.89 Å². The van der Waals surface area contributed by atoms with E-state index >= 15 is 0 Å². The van der Waals surface area contributed by atoms with Crippen molar-refractivity contribution in [2.75, 3.05) is 13.2 Å². The summed E-state index contributed by atoms with van der Waals surface area (Å²) < 4.78 is 17.0. The first kappa shape index (κ1) is 25.6. The first-order valence-electron chi connectivity index (χ1n) is 11.5. The highest BCUT2D eigenvalue weighted by atomic mass is 16.6. The van der Waals surface area contributed by atoms with Crippen molar-refractivity contribution in [1.82, 2.24) is 10.3 Å². The number of benzene rings is 2. The number of carbonyl (C=O) groups is 1. The molecule has 3 aromatic rings. The summed E-state index contributed by atoms with van der Waals surface area (Å²) in [7, 11) is 0. The lowest BCUT2D eigenvalue weighted by atomic mass is 10.1. The SMILES string of the molecule is Cc1oc(-c2ccccc2)nc1CCOc1ccc(C[C@@H](CN=[N+]=[N-])NC(=O)OC(C)(C)C)cc1. The summed E-state index contributed by atoms with van der Waals surface area (Å²) in [5.41, 5.74) is 10.8. The van der Waals surface area contributed by atoms with Gasteiger partial charge in [0, 0.05) is 29.5 Å². The largest absolute Gasteiger partial charge is 0.493 e. The van der Waals surface area contributed by atoms with Crippen LogP contribution in [0.3, 0.4) is 0 Å². The van der Waals surface area contributed by atoms with E-state index < -0.39 is 11.7 Å². The lowest BCUT2D eigenvalue weighted by Crippen LogP contribution is -2.41. The molecule has 0 spiro atoms. The van der Waals surface area contributed by atoms with Gasteiger partial charge in [0.15, 0.2) is 0 Å². The van der Waals surface area contributed by atoms with Crippen LogP contribution in [-0.2, 0) is 17.6 Å². The van der Waals surface area contributed by atoms with Crippen LogP contribution in [-0.4, -0.2) is 35.9 Å². The Morgan fingerprint density at radius 1 is 1.17 bits per heavy atom. The van der Waals surface area contributed by atoms with E-state index in [1.165, 1.54) is 0 Å². The second kappa shape index (κ2) is 11.9. The van der Waals surface area contributed by atoms with E-state index in [2.05, 4.69) is 20.3 Å². The number of aryl methyl sites for hydroxylation is 1. The predicted molar refractivity (Wildman–Crippen MR) is 133 cm³/mol. The van der Waals surface area contributed by atoms with Crippen LogP contribution in [0, 0.1) is 6.92 Å². The Balaban J connectivity index is 1.53. The van der Waals surface area contributed by atoms with Crippen LogP contribution in [0.1, 0.15) is 37.8 Å². The quantitative estimate of drug-likeness (QED) is 0.217. The number of aromatic nitrogens is 1. The summed E-state index contributed by atoms with van der Waals surface area (Å²) in [6, 6.07) is 17.0. The van der Waals surface area contributed by atoms with Crippen molar-refractivity contribution in [3.8, 4) is 17.2 Å². The van der Waals surface area contributed by atoms with Crippen molar-refractivity contribution in [2.24, 2.45) is 5.11 Å². The number of rotatable bonds is 10. The smallest absolute Gasteiger partial charge is 0.407 e. The molecule has 0 saturated heterocycles. The Labute approximate surface area is 205 Å². The Bertz CT molecular complexity index is 1150. The van der Waals surface area contributed by atoms with Crippen LogP contribution in [0.4, 0.5) is 4.79 Å². The highest BCUT2D eigenvalue weighted by molar-refractivity contribution is 5.68. The van der Waals surface area contributed by atoms with Crippen LogP contribution in [0.25, 0.3) is 21.9 Å². The summed E-state index contributed by atoms with van der Waals surface area (Å²) in [5.74, 6) is 2.12. The van der Waals surface area contributed by atoms with Gasteiger partial charge in [0.05, 0.1) is 12.3 Å². The van der Waals surface area contributed by atoms with E-state index in [-0.39, 0.29) is 12.6 Å². The van der Waals surface area contributed by atoms with Crippen molar-refractivity contribution in [2.45, 2.75) is 52.2 Å². The number of carbonyl (C=O) groups excluding carboxylic acids is 1. The van der Waals surface area contributed by atoms with E-state index in [9.17, 15) is 4.79 Å². The Hall–Kier alpha value is -3.97. The van der Waals surface area contributed by atoms with E-state index in [1.807, 2.05) is 61.5 Å². The van der Waals surface area contributed by atoms with Crippen LogP contribution >= 0.6 is 0 Å². The standard InChI is InChI=1S/C26H31N5O4/c1-18-23(30-24(34-18)20-8-6-5-7-9-20)14-15-33-22-12-10-19(11-13-22)16-21(17-28-31-27)29-25(32)35-26(2,3)4/h5-13,21H,14-17H2,1-4H3,(H,29,32)/t21-/m0/s1. The molecule has 0 unspecified atom stereocenters. The number of nitrogens with zero attached hydrogens (tertiary/aromatic N) is 4. The Morgan fingerprint density at radius 2 is 1.89 bits per heavy atom. The molecule has 1 amide bonds. The zero-order chi connectivity index (χ0) is 25.3. The first-order valence-corrected chi connectivity index (χ1v) is 11.5. The number of hydrogen-bond donors (Lipinski definition) is 1. The molecule has 9 heteroatoms. The number of ether oxygens (including phenoxy) is 2. The fourth-order valence-corrected chi connectivity index (χ4v) is 3.41. The minimum Gasteiger partial charge on any atom is -0.493 e. The van der Waals surface area contributed by atoms with Crippen LogP contribution in [0.5, 0.6) is 5.75 Å². The fourth-order valence-electron chi connectivity index (χ4n) is 3.41. The molecule has 0 saturated carbocycles. The zero-order valence-corrected chi connectivity index (χ0v) is 20.5. The molecule has 3 rings (SSSR count). The third kappa shape index (κ3) is 8.39. The van der Waals surface area contributed by atoms with Crippen molar-refractivity contribution in [3.63, 3.8) is 0 Å². The van der Waals surface area contributed by atoms with Crippen LogP contribution in [0.15, 0.2) is 64.1 Å². The number of oxazole rings is 1. The molecule has 35 heavy (non-hydrogen) atoms. The second-order valence-corrected chi connectivity index (χ2v) is 9.09. The monoisotopic (exact) mass is 477 g/mol. The summed E-state index contributed by atoms with van der Waals surface area (Å²) in [4.78, 5) is 19.5. The average molecular weight is 478 g/mol. The van der Waals surface area contributed by atoms with Gasteiger partial charge < -0.3 is 19.2 Å². The van der Waals surface area contributed by atoms with Gasteiger partial charge in [-0.25, -0.2) is 9.78 Å². The summed E-state index contributed by atoms with van der Waals surface area (Å²) in [6.07, 6.45) is 0.561. The second-order valence-electron chi connectivity index (χ2n) is 9.09. The number of alkyl carbamates (subject to hydrolysis) is 1. The van der Waals surface area contributed by atoms with E-state index in [4.69, 9.17) is 19.4 Å². The molecule has 0 aliphatic carbocycles. The zero-order valence-electron chi connectivity index (χ0n) is 20.5. The van der Waals surface area contributed by atoms with Crippen molar-refractivity contribution >= 4 is 6.09 Å². The maximum Gasteiger partial charge on any atom is 0.407 e. The molecule has 1 heterocycles. The molecular weight excluding hydrogens is 446 g/mol. The van der Waals surface area contributed by atoms with Gasteiger partial charge in [-0.2, -0.15) is 0 Å². The molecule has 0 bridgehead atoms. The molecule has 184 valence electrons. The van der Waals surface area contributed by atoms with Gasteiger partial charge in [-0.15, -0.1) is 0 Å². The molecule has 1 atom stereocenters. The maximum absolute atomic E-state index is 12.1. The average Bonchev–Trinajstić information content (AvgIpc) is 3.18. The lowest BCUT2D eigenvalue weighted by molar-refractivity contribution is 0.0506. The highest BCUT2D eigenvalue weighted by Crippen LogP contribution is 2.22. The molecule has 0 aliphatic heterocycles. The molecule has 0 fully saturated rings. The summed E-state index contributed by atoms with van der Waals surface area (Å²) in [6.45, 7) is 7.86. The number of hydrogen-bond acceptors (Lipinski definition) is 6. The topological polar surface area (TPSA) is 122 Å². The predicted octanol–water partition coefficient (Wildman–Crippen LogP) is 6.02. The molecule has 2 aromatic carbocycles. The summed E-state index contributed by atoms with van der Waals surface area (Å²) in [5, 5.41) is 6.37. The Kier molecular flexibility index (Phi) is 8.75. The van der Waals surface area contributed by atoms with Gasteiger partial charge in [0.25, 0.3) is 0 Å².